The number of nitrogens with zero attached hydrogens (tertiary/aromatic N) is 1. The SMILES string of the molecule is CS(=O)(=O)Nc1ccc2n(c1=O)CC1CNCC2C1. The first-order chi connectivity index (χ1) is 8.94. The highest BCUT2D eigenvalue weighted by Crippen LogP contribution is 2.32. The van der Waals surface area contributed by atoms with Gasteiger partial charge in [-0.1, -0.05) is 0 Å². The number of anilines is 1. The van der Waals surface area contributed by atoms with Crippen LogP contribution in [-0.2, 0) is 16.6 Å². The predicted molar refractivity (Wildman–Crippen MR) is 72.9 cm³/mol. The molecule has 3 heterocycles. The van der Waals surface area contributed by atoms with Gasteiger partial charge in [-0.25, -0.2) is 8.42 Å². The second-order valence-electron chi connectivity index (χ2n) is 5.42. The number of nitrogens with one attached hydrogen (secondary N) is 2. The quantitative estimate of drug-likeness (QED) is 0.796. The van der Waals surface area contributed by atoms with Crippen LogP contribution in [0.4, 0.5) is 5.69 Å². The van der Waals surface area contributed by atoms with E-state index in [9.17, 15) is 13.2 Å². The van der Waals surface area contributed by atoms with Gasteiger partial charge in [0.25, 0.3) is 5.56 Å². The third-order valence-corrected chi connectivity index (χ3v) is 4.39. The normalized spacial score (nSPS) is 25.7. The van der Waals surface area contributed by atoms with Gasteiger partial charge >= 0.3 is 0 Å². The summed E-state index contributed by atoms with van der Waals surface area (Å²) in [6.07, 6.45) is 2.15. The molecule has 0 spiro atoms. The van der Waals surface area contributed by atoms with Crippen LogP contribution >= 0.6 is 0 Å². The summed E-state index contributed by atoms with van der Waals surface area (Å²) in [5.74, 6) is 0.810. The molecule has 3 rings (SSSR count). The second-order valence-corrected chi connectivity index (χ2v) is 7.17. The van der Waals surface area contributed by atoms with Crippen molar-refractivity contribution in [3.8, 4) is 0 Å². The third kappa shape index (κ3) is 2.40. The highest BCUT2D eigenvalue weighted by atomic mass is 32.2. The molecule has 2 bridgehead atoms. The van der Waals surface area contributed by atoms with E-state index < -0.39 is 10.0 Å². The van der Waals surface area contributed by atoms with Crippen molar-refractivity contribution >= 4 is 15.7 Å². The maximum absolute atomic E-state index is 12.3. The summed E-state index contributed by atoms with van der Waals surface area (Å²) >= 11 is 0. The lowest BCUT2D eigenvalue weighted by molar-refractivity contribution is 0.257. The van der Waals surface area contributed by atoms with Crippen LogP contribution in [0.5, 0.6) is 0 Å². The molecule has 104 valence electrons. The molecule has 2 N–H and O–H groups in total. The molecular formula is C12H17N3O3S. The first-order valence-corrected chi connectivity index (χ1v) is 8.25. The molecule has 1 saturated heterocycles. The molecule has 0 aliphatic carbocycles. The van der Waals surface area contributed by atoms with E-state index in [2.05, 4.69) is 10.0 Å². The summed E-state index contributed by atoms with van der Waals surface area (Å²) < 4.78 is 26.5. The lowest BCUT2D eigenvalue weighted by atomic mass is 9.84. The van der Waals surface area contributed by atoms with Crippen molar-refractivity contribution in [3.05, 3.63) is 28.2 Å². The zero-order chi connectivity index (χ0) is 13.6. The summed E-state index contributed by atoms with van der Waals surface area (Å²) in [6, 6.07) is 3.44. The zero-order valence-electron chi connectivity index (χ0n) is 10.7. The van der Waals surface area contributed by atoms with Gasteiger partial charge in [0.1, 0.15) is 5.69 Å². The number of rotatable bonds is 2. The van der Waals surface area contributed by atoms with Gasteiger partial charge in [0.15, 0.2) is 0 Å². The maximum atomic E-state index is 12.3. The predicted octanol–water partition coefficient (Wildman–Crippen LogP) is -0.0735. The van der Waals surface area contributed by atoms with Crippen LogP contribution in [0, 0.1) is 5.92 Å². The fourth-order valence-electron chi connectivity index (χ4n) is 3.07. The van der Waals surface area contributed by atoms with E-state index in [0.717, 1.165) is 31.5 Å². The molecule has 19 heavy (non-hydrogen) atoms. The zero-order valence-corrected chi connectivity index (χ0v) is 11.5. The highest BCUT2D eigenvalue weighted by Gasteiger charge is 2.31. The smallest absolute Gasteiger partial charge is 0.275 e. The molecule has 2 unspecified atom stereocenters. The van der Waals surface area contributed by atoms with E-state index in [1.807, 2.05) is 6.07 Å². The van der Waals surface area contributed by atoms with Gasteiger partial charge in [0.05, 0.1) is 6.26 Å². The molecule has 6 nitrogen and oxygen atoms in total. The van der Waals surface area contributed by atoms with Crippen LogP contribution in [0.15, 0.2) is 16.9 Å². The van der Waals surface area contributed by atoms with Crippen molar-refractivity contribution in [2.75, 3.05) is 24.1 Å². The molecule has 0 radical (unpaired) electrons. The molecule has 2 aliphatic heterocycles. The summed E-state index contributed by atoms with van der Waals surface area (Å²) in [4.78, 5) is 12.3. The van der Waals surface area contributed by atoms with Crippen molar-refractivity contribution in [1.82, 2.24) is 9.88 Å². The highest BCUT2D eigenvalue weighted by molar-refractivity contribution is 7.92. The number of hydrogen-bond donors (Lipinski definition) is 2. The Kier molecular flexibility index (Phi) is 2.90. The van der Waals surface area contributed by atoms with Crippen molar-refractivity contribution in [2.24, 2.45) is 5.92 Å². The van der Waals surface area contributed by atoms with Crippen LogP contribution in [-0.4, -0.2) is 32.3 Å². The lowest BCUT2D eigenvalue weighted by Crippen LogP contribution is -2.45. The molecule has 0 saturated carbocycles. The molecule has 0 aromatic carbocycles. The Morgan fingerprint density at radius 3 is 2.89 bits per heavy atom. The Labute approximate surface area is 111 Å². The van der Waals surface area contributed by atoms with Crippen LogP contribution in [0.1, 0.15) is 18.0 Å². The topological polar surface area (TPSA) is 80.2 Å². The van der Waals surface area contributed by atoms with Gasteiger partial charge in [-0.15, -0.1) is 0 Å². The maximum Gasteiger partial charge on any atom is 0.275 e. The summed E-state index contributed by atoms with van der Waals surface area (Å²) in [5.41, 5.74) is 0.909. The number of sulfonamides is 1. The summed E-state index contributed by atoms with van der Waals surface area (Å²) in [7, 11) is -3.42. The molecule has 1 fully saturated rings. The molecule has 1 aromatic heterocycles. The number of pyridine rings is 1. The minimum absolute atomic E-state index is 0.138. The van der Waals surface area contributed by atoms with E-state index >= 15 is 0 Å². The first kappa shape index (κ1) is 12.7. The molecule has 0 amide bonds. The number of hydrogen-bond acceptors (Lipinski definition) is 4. The molecular weight excluding hydrogens is 266 g/mol. The minimum atomic E-state index is -3.42. The van der Waals surface area contributed by atoms with Crippen LogP contribution < -0.4 is 15.6 Å². The van der Waals surface area contributed by atoms with Crippen molar-refractivity contribution in [3.63, 3.8) is 0 Å². The van der Waals surface area contributed by atoms with Gasteiger partial charge in [0, 0.05) is 24.7 Å². The Bertz CT molecular complexity index is 665. The van der Waals surface area contributed by atoms with Crippen LogP contribution in [0.2, 0.25) is 0 Å². The number of aromatic nitrogens is 1. The molecule has 2 aliphatic rings. The van der Waals surface area contributed by atoms with E-state index in [1.165, 1.54) is 0 Å². The van der Waals surface area contributed by atoms with Gasteiger partial charge in [-0.05, 0) is 31.0 Å². The van der Waals surface area contributed by atoms with E-state index in [0.29, 0.717) is 18.4 Å². The molecule has 2 atom stereocenters. The minimum Gasteiger partial charge on any atom is -0.316 e. The Balaban J connectivity index is 2.06. The third-order valence-electron chi connectivity index (χ3n) is 3.80. The molecule has 7 heteroatoms. The standard InChI is InChI=1S/C12H17N3O3S/c1-19(17,18)14-10-2-3-11-9-4-8(5-13-6-9)7-15(11)12(10)16/h2-3,8-9,13-14H,4-7H2,1H3. The molecule has 1 aromatic rings. The van der Waals surface area contributed by atoms with Crippen LogP contribution in [0.25, 0.3) is 0 Å². The van der Waals surface area contributed by atoms with Gasteiger partial charge in [0.2, 0.25) is 10.0 Å². The second kappa shape index (κ2) is 4.35. The van der Waals surface area contributed by atoms with E-state index in [-0.39, 0.29) is 11.2 Å². The first-order valence-electron chi connectivity index (χ1n) is 6.36. The van der Waals surface area contributed by atoms with E-state index in [1.54, 1.807) is 10.6 Å². The number of piperidine rings is 1. The van der Waals surface area contributed by atoms with Crippen molar-refractivity contribution < 1.29 is 8.42 Å². The lowest BCUT2D eigenvalue weighted by Gasteiger charge is -2.37. The Hall–Kier alpha value is -1.34. The average Bonchev–Trinajstić information content (AvgIpc) is 2.32. The van der Waals surface area contributed by atoms with Crippen molar-refractivity contribution in [2.45, 2.75) is 18.9 Å². The summed E-state index contributed by atoms with van der Waals surface area (Å²) in [6.45, 7) is 2.47. The Morgan fingerprint density at radius 1 is 1.37 bits per heavy atom. The summed E-state index contributed by atoms with van der Waals surface area (Å²) in [5, 5.41) is 3.37. The number of fused-ring (bicyclic) bond motifs is 4. The van der Waals surface area contributed by atoms with Gasteiger partial charge in [-0.3, -0.25) is 9.52 Å². The Morgan fingerprint density at radius 2 is 2.16 bits per heavy atom. The fourth-order valence-corrected chi connectivity index (χ4v) is 3.62. The van der Waals surface area contributed by atoms with E-state index in [4.69, 9.17) is 0 Å². The van der Waals surface area contributed by atoms with Gasteiger partial charge in [-0.2, -0.15) is 0 Å². The average molecular weight is 283 g/mol. The van der Waals surface area contributed by atoms with Crippen molar-refractivity contribution in [1.29, 1.82) is 0 Å². The largest absolute Gasteiger partial charge is 0.316 e. The van der Waals surface area contributed by atoms with Gasteiger partial charge < -0.3 is 9.88 Å². The monoisotopic (exact) mass is 283 g/mol. The van der Waals surface area contributed by atoms with Crippen LogP contribution in [0.3, 0.4) is 0 Å². The fraction of sp³-hybridized carbons (Fsp3) is 0.583.